The number of aryl methyl sites for hydroxylation is 1. The molecule has 0 saturated heterocycles. The second-order valence-electron chi connectivity index (χ2n) is 5.26. The summed E-state index contributed by atoms with van der Waals surface area (Å²) < 4.78 is 6.02. The fourth-order valence-corrected chi connectivity index (χ4v) is 3.10. The standard InChI is InChI=1S/C17H20N2OS/c1-3-8-18-15(10-14-11-21-12(2)19-14)17-9-13-6-4-5-7-16(13)20-17/h4-7,9,11,15,18H,3,8,10H2,1-2H3. The van der Waals surface area contributed by atoms with Gasteiger partial charge in [-0.1, -0.05) is 25.1 Å². The molecule has 0 aliphatic carbocycles. The second-order valence-corrected chi connectivity index (χ2v) is 6.32. The summed E-state index contributed by atoms with van der Waals surface area (Å²) in [5.41, 5.74) is 2.08. The summed E-state index contributed by atoms with van der Waals surface area (Å²) in [5.74, 6) is 0.996. The molecule has 2 heterocycles. The first-order valence-corrected chi connectivity index (χ1v) is 8.27. The molecule has 3 aromatic rings. The normalized spacial score (nSPS) is 12.9. The van der Waals surface area contributed by atoms with Gasteiger partial charge in [-0.25, -0.2) is 4.98 Å². The van der Waals surface area contributed by atoms with Gasteiger partial charge >= 0.3 is 0 Å². The minimum Gasteiger partial charge on any atom is -0.459 e. The largest absolute Gasteiger partial charge is 0.459 e. The van der Waals surface area contributed by atoms with Gasteiger partial charge in [0.2, 0.25) is 0 Å². The molecule has 1 N–H and O–H groups in total. The Hall–Kier alpha value is -1.65. The summed E-state index contributed by atoms with van der Waals surface area (Å²) in [7, 11) is 0. The first kappa shape index (κ1) is 14.3. The summed E-state index contributed by atoms with van der Waals surface area (Å²) >= 11 is 1.70. The number of aromatic nitrogens is 1. The molecule has 0 aliphatic rings. The number of benzene rings is 1. The minimum absolute atomic E-state index is 0.179. The molecular weight excluding hydrogens is 280 g/mol. The van der Waals surface area contributed by atoms with Crippen molar-refractivity contribution < 1.29 is 4.42 Å². The average Bonchev–Trinajstić information content (AvgIpc) is 3.09. The van der Waals surface area contributed by atoms with Crippen molar-refractivity contribution in [2.24, 2.45) is 0 Å². The van der Waals surface area contributed by atoms with Crippen LogP contribution in [0.3, 0.4) is 0 Å². The highest BCUT2D eigenvalue weighted by atomic mass is 32.1. The van der Waals surface area contributed by atoms with Crippen molar-refractivity contribution in [3.05, 3.63) is 52.2 Å². The highest BCUT2D eigenvalue weighted by molar-refractivity contribution is 7.09. The number of nitrogens with one attached hydrogen (secondary N) is 1. The molecule has 1 atom stereocenters. The summed E-state index contributed by atoms with van der Waals surface area (Å²) in [6, 6.07) is 10.5. The molecule has 0 spiro atoms. The molecule has 1 unspecified atom stereocenters. The summed E-state index contributed by atoms with van der Waals surface area (Å²) in [5, 5.41) is 7.99. The maximum absolute atomic E-state index is 6.02. The molecule has 0 amide bonds. The van der Waals surface area contributed by atoms with Gasteiger partial charge in [0.1, 0.15) is 11.3 Å². The zero-order chi connectivity index (χ0) is 14.7. The van der Waals surface area contributed by atoms with Crippen LogP contribution in [0.1, 0.15) is 35.8 Å². The molecule has 0 bridgehead atoms. The summed E-state index contributed by atoms with van der Waals surface area (Å²) in [6.45, 7) is 5.20. The van der Waals surface area contributed by atoms with Crippen LogP contribution in [0.2, 0.25) is 0 Å². The van der Waals surface area contributed by atoms with E-state index >= 15 is 0 Å². The van der Waals surface area contributed by atoms with Gasteiger partial charge in [-0.05, 0) is 32.0 Å². The Labute approximate surface area is 129 Å². The van der Waals surface area contributed by atoms with Crippen molar-refractivity contribution in [2.45, 2.75) is 32.7 Å². The fraction of sp³-hybridized carbons (Fsp3) is 0.353. The van der Waals surface area contributed by atoms with Crippen molar-refractivity contribution >= 4 is 22.3 Å². The third-order valence-electron chi connectivity index (χ3n) is 3.51. The van der Waals surface area contributed by atoms with Gasteiger partial charge in [0, 0.05) is 17.2 Å². The lowest BCUT2D eigenvalue weighted by molar-refractivity contribution is 0.425. The fourth-order valence-electron chi connectivity index (χ4n) is 2.48. The maximum Gasteiger partial charge on any atom is 0.134 e. The van der Waals surface area contributed by atoms with Crippen LogP contribution in [0, 0.1) is 6.92 Å². The smallest absolute Gasteiger partial charge is 0.134 e. The Morgan fingerprint density at radius 1 is 1.33 bits per heavy atom. The number of nitrogens with zero attached hydrogens (tertiary/aromatic N) is 1. The number of rotatable bonds is 6. The Balaban J connectivity index is 1.86. The van der Waals surface area contributed by atoms with E-state index in [1.807, 2.05) is 25.1 Å². The highest BCUT2D eigenvalue weighted by Gasteiger charge is 2.17. The van der Waals surface area contributed by atoms with Crippen LogP contribution < -0.4 is 5.32 Å². The average molecular weight is 300 g/mol. The molecule has 4 heteroatoms. The van der Waals surface area contributed by atoms with Crippen LogP contribution >= 0.6 is 11.3 Å². The molecule has 0 aliphatic heterocycles. The first-order valence-electron chi connectivity index (χ1n) is 7.39. The third kappa shape index (κ3) is 3.34. The molecule has 0 radical (unpaired) electrons. The molecule has 0 fully saturated rings. The number of para-hydroxylation sites is 1. The number of hydrogen-bond acceptors (Lipinski definition) is 4. The summed E-state index contributed by atoms with van der Waals surface area (Å²) in [4.78, 5) is 4.57. The lowest BCUT2D eigenvalue weighted by Crippen LogP contribution is -2.23. The van der Waals surface area contributed by atoms with Gasteiger partial charge < -0.3 is 9.73 Å². The van der Waals surface area contributed by atoms with E-state index < -0.39 is 0 Å². The van der Waals surface area contributed by atoms with Crippen LogP contribution in [-0.2, 0) is 6.42 Å². The van der Waals surface area contributed by atoms with Gasteiger partial charge in [-0.2, -0.15) is 0 Å². The maximum atomic E-state index is 6.02. The van der Waals surface area contributed by atoms with Crippen molar-refractivity contribution in [3.8, 4) is 0 Å². The molecule has 2 aromatic heterocycles. The molecular formula is C17H20N2OS. The van der Waals surface area contributed by atoms with Crippen molar-refractivity contribution in [3.63, 3.8) is 0 Å². The Kier molecular flexibility index (Phi) is 4.36. The topological polar surface area (TPSA) is 38.1 Å². The molecule has 3 rings (SSSR count). The van der Waals surface area contributed by atoms with Gasteiger partial charge in [0.05, 0.1) is 16.7 Å². The van der Waals surface area contributed by atoms with E-state index in [-0.39, 0.29) is 6.04 Å². The van der Waals surface area contributed by atoms with Gasteiger partial charge in [0.25, 0.3) is 0 Å². The van der Waals surface area contributed by atoms with E-state index in [4.69, 9.17) is 4.42 Å². The van der Waals surface area contributed by atoms with E-state index in [1.165, 1.54) is 0 Å². The summed E-state index contributed by atoms with van der Waals surface area (Å²) in [6.07, 6.45) is 1.97. The van der Waals surface area contributed by atoms with E-state index in [0.29, 0.717) is 0 Å². The zero-order valence-electron chi connectivity index (χ0n) is 12.4. The molecule has 1 aromatic carbocycles. The van der Waals surface area contributed by atoms with Gasteiger partial charge in [-0.15, -0.1) is 11.3 Å². The van der Waals surface area contributed by atoms with E-state index in [1.54, 1.807) is 11.3 Å². The van der Waals surface area contributed by atoms with Crippen LogP contribution in [0.15, 0.2) is 40.1 Å². The molecule has 0 saturated carbocycles. The highest BCUT2D eigenvalue weighted by Crippen LogP contribution is 2.26. The number of thiazole rings is 1. The third-order valence-corrected chi connectivity index (χ3v) is 4.33. The second kappa shape index (κ2) is 6.41. The quantitative estimate of drug-likeness (QED) is 0.729. The van der Waals surface area contributed by atoms with Crippen molar-refractivity contribution in [1.82, 2.24) is 10.3 Å². The van der Waals surface area contributed by atoms with Crippen molar-refractivity contribution in [1.29, 1.82) is 0 Å². The van der Waals surface area contributed by atoms with E-state index in [0.717, 1.165) is 46.8 Å². The zero-order valence-corrected chi connectivity index (χ0v) is 13.2. The Bertz CT molecular complexity index is 683. The predicted octanol–water partition coefficient (Wildman–Crippen LogP) is 4.48. The predicted molar refractivity (Wildman–Crippen MR) is 87.8 cm³/mol. The van der Waals surface area contributed by atoms with Gasteiger partial charge in [0.15, 0.2) is 0 Å². The van der Waals surface area contributed by atoms with Crippen LogP contribution in [0.4, 0.5) is 0 Å². The first-order chi connectivity index (χ1) is 10.3. The van der Waals surface area contributed by atoms with Crippen LogP contribution in [-0.4, -0.2) is 11.5 Å². The van der Waals surface area contributed by atoms with E-state index in [9.17, 15) is 0 Å². The van der Waals surface area contributed by atoms with Gasteiger partial charge in [-0.3, -0.25) is 0 Å². The lowest BCUT2D eigenvalue weighted by Gasteiger charge is -2.14. The molecule has 21 heavy (non-hydrogen) atoms. The Morgan fingerprint density at radius 2 is 2.19 bits per heavy atom. The number of fused-ring (bicyclic) bond motifs is 1. The number of furan rings is 1. The Morgan fingerprint density at radius 3 is 2.90 bits per heavy atom. The van der Waals surface area contributed by atoms with Crippen LogP contribution in [0.5, 0.6) is 0 Å². The van der Waals surface area contributed by atoms with Crippen molar-refractivity contribution in [2.75, 3.05) is 6.54 Å². The molecule has 3 nitrogen and oxygen atoms in total. The SMILES string of the molecule is CCCNC(Cc1csc(C)n1)c1cc2ccccc2o1. The van der Waals surface area contributed by atoms with E-state index in [2.05, 4.69) is 34.7 Å². The number of hydrogen-bond donors (Lipinski definition) is 1. The monoisotopic (exact) mass is 300 g/mol. The van der Waals surface area contributed by atoms with Crippen LogP contribution in [0.25, 0.3) is 11.0 Å². The molecule has 110 valence electrons. The lowest BCUT2D eigenvalue weighted by atomic mass is 10.1. The minimum atomic E-state index is 0.179.